The normalized spacial score (nSPS) is 15.7. The molecule has 0 aliphatic carbocycles. The standard InChI is InChI=1S/C24H27N5O4/c1-32-19-7-3-2-6-18(19)24(31)27-13-15-8-10-16(11-9-15)21-20(23(26)30)22(25)29(28-21)17-5-4-12-33-14-17/h2-3,6-11,17H,4-5,12-14,25H2,1H3,(H2,26,30)(H,27,31). The van der Waals surface area contributed by atoms with Crippen molar-refractivity contribution in [1.29, 1.82) is 0 Å². The van der Waals surface area contributed by atoms with Gasteiger partial charge in [-0.2, -0.15) is 5.10 Å². The Kier molecular flexibility index (Phi) is 6.60. The highest BCUT2D eigenvalue weighted by molar-refractivity contribution is 6.03. The predicted octanol–water partition coefficient (Wildman–Crippen LogP) is 2.52. The first-order valence-corrected chi connectivity index (χ1v) is 10.8. The van der Waals surface area contributed by atoms with E-state index in [1.807, 2.05) is 30.3 Å². The summed E-state index contributed by atoms with van der Waals surface area (Å²) in [7, 11) is 1.53. The van der Waals surface area contributed by atoms with E-state index in [1.165, 1.54) is 7.11 Å². The molecule has 0 spiro atoms. The fourth-order valence-corrected chi connectivity index (χ4v) is 3.98. The summed E-state index contributed by atoms with van der Waals surface area (Å²) in [4.78, 5) is 24.7. The van der Waals surface area contributed by atoms with Gasteiger partial charge in [0.2, 0.25) is 0 Å². The molecule has 1 aliphatic rings. The topological polar surface area (TPSA) is 134 Å². The van der Waals surface area contributed by atoms with Crippen LogP contribution in [0.5, 0.6) is 5.75 Å². The second-order valence-corrected chi connectivity index (χ2v) is 7.87. The Morgan fingerprint density at radius 3 is 2.64 bits per heavy atom. The van der Waals surface area contributed by atoms with Gasteiger partial charge < -0.3 is 26.3 Å². The zero-order valence-electron chi connectivity index (χ0n) is 18.4. The molecule has 3 aromatic rings. The number of nitrogens with zero attached hydrogens (tertiary/aromatic N) is 2. The van der Waals surface area contributed by atoms with E-state index in [2.05, 4.69) is 10.4 Å². The number of aromatic nitrogens is 2. The molecule has 9 nitrogen and oxygen atoms in total. The van der Waals surface area contributed by atoms with Gasteiger partial charge in [-0.05, 0) is 30.5 Å². The molecule has 1 atom stereocenters. The van der Waals surface area contributed by atoms with Crippen LogP contribution in [0.15, 0.2) is 48.5 Å². The number of hydrogen-bond acceptors (Lipinski definition) is 6. The van der Waals surface area contributed by atoms with E-state index in [-0.39, 0.29) is 23.3 Å². The van der Waals surface area contributed by atoms with Crippen molar-refractivity contribution < 1.29 is 19.1 Å². The van der Waals surface area contributed by atoms with Crippen molar-refractivity contribution in [3.63, 3.8) is 0 Å². The lowest BCUT2D eigenvalue weighted by atomic mass is 10.0. The van der Waals surface area contributed by atoms with Crippen LogP contribution in [-0.4, -0.2) is 41.9 Å². The van der Waals surface area contributed by atoms with Gasteiger partial charge in [0.1, 0.15) is 22.8 Å². The molecule has 1 saturated heterocycles. The summed E-state index contributed by atoms with van der Waals surface area (Å²) >= 11 is 0. The molecule has 4 rings (SSSR count). The minimum Gasteiger partial charge on any atom is -0.496 e. The number of carbonyl (C=O) groups excluding carboxylic acids is 2. The number of hydrogen-bond donors (Lipinski definition) is 3. The number of nitrogens with two attached hydrogens (primary N) is 2. The molecule has 172 valence electrons. The van der Waals surface area contributed by atoms with Crippen LogP contribution in [0.4, 0.5) is 5.82 Å². The van der Waals surface area contributed by atoms with Gasteiger partial charge in [0.05, 0.1) is 25.3 Å². The smallest absolute Gasteiger partial charge is 0.255 e. The highest BCUT2D eigenvalue weighted by atomic mass is 16.5. The maximum atomic E-state index is 12.5. The second kappa shape index (κ2) is 9.74. The van der Waals surface area contributed by atoms with Gasteiger partial charge in [-0.3, -0.25) is 9.59 Å². The van der Waals surface area contributed by atoms with Crippen LogP contribution in [0, 0.1) is 0 Å². The molecule has 1 unspecified atom stereocenters. The summed E-state index contributed by atoms with van der Waals surface area (Å²) in [6.07, 6.45) is 1.77. The Bertz CT molecular complexity index is 1150. The third-order valence-corrected chi connectivity index (χ3v) is 5.71. The number of primary amides is 1. The highest BCUT2D eigenvalue weighted by Crippen LogP contribution is 2.31. The molecule has 0 bridgehead atoms. The van der Waals surface area contributed by atoms with Crippen molar-refractivity contribution >= 4 is 17.6 Å². The van der Waals surface area contributed by atoms with Gasteiger partial charge in [0.25, 0.3) is 11.8 Å². The number of para-hydroxylation sites is 1. The summed E-state index contributed by atoms with van der Waals surface area (Å²) in [5.74, 6) is -0.0885. The average molecular weight is 450 g/mol. The molecular formula is C24H27N5O4. The first-order valence-electron chi connectivity index (χ1n) is 10.8. The van der Waals surface area contributed by atoms with E-state index in [0.29, 0.717) is 42.3 Å². The molecule has 0 radical (unpaired) electrons. The Balaban J connectivity index is 1.52. The molecule has 1 aromatic heterocycles. The number of anilines is 1. The maximum absolute atomic E-state index is 12.5. The minimum absolute atomic E-state index is 0.0323. The Morgan fingerprint density at radius 2 is 1.97 bits per heavy atom. The molecular weight excluding hydrogens is 422 g/mol. The fourth-order valence-electron chi connectivity index (χ4n) is 3.98. The van der Waals surface area contributed by atoms with Gasteiger partial charge in [-0.15, -0.1) is 0 Å². The lowest BCUT2D eigenvalue weighted by Crippen LogP contribution is -2.24. The molecule has 1 aliphatic heterocycles. The molecule has 1 fully saturated rings. The molecule has 2 aromatic carbocycles. The zero-order chi connectivity index (χ0) is 23.4. The average Bonchev–Trinajstić information content (AvgIpc) is 3.20. The van der Waals surface area contributed by atoms with Gasteiger partial charge in [0, 0.05) is 18.7 Å². The first kappa shape index (κ1) is 22.3. The summed E-state index contributed by atoms with van der Waals surface area (Å²) in [6, 6.07) is 14.4. The summed E-state index contributed by atoms with van der Waals surface area (Å²) in [5, 5.41) is 7.50. The lowest BCUT2D eigenvalue weighted by molar-refractivity contribution is 0.0558. The SMILES string of the molecule is COc1ccccc1C(=O)NCc1ccc(-c2nn(C3CCCOC3)c(N)c2C(N)=O)cc1. The predicted molar refractivity (Wildman–Crippen MR) is 124 cm³/mol. The number of nitrogens with one attached hydrogen (secondary N) is 1. The van der Waals surface area contributed by atoms with Crippen molar-refractivity contribution in [2.45, 2.75) is 25.4 Å². The second-order valence-electron chi connectivity index (χ2n) is 7.87. The lowest BCUT2D eigenvalue weighted by Gasteiger charge is -2.23. The van der Waals surface area contributed by atoms with E-state index in [4.69, 9.17) is 20.9 Å². The number of amides is 2. The molecule has 2 amide bonds. The van der Waals surface area contributed by atoms with E-state index in [9.17, 15) is 9.59 Å². The number of nitrogen functional groups attached to an aromatic ring is 1. The quantitative estimate of drug-likeness (QED) is 0.507. The van der Waals surface area contributed by atoms with Crippen LogP contribution in [0.3, 0.4) is 0 Å². The summed E-state index contributed by atoms with van der Waals surface area (Å²) in [5.41, 5.74) is 14.6. The molecule has 0 saturated carbocycles. The maximum Gasteiger partial charge on any atom is 0.255 e. The Labute approximate surface area is 191 Å². The van der Waals surface area contributed by atoms with Crippen LogP contribution in [0.2, 0.25) is 0 Å². The zero-order valence-corrected chi connectivity index (χ0v) is 18.4. The van der Waals surface area contributed by atoms with Gasteiger partial charge in [-0.1, -0.05) is 36.4 Å². The number of carbonyl (C=O) groups is 2. The third kappa shape index (κ3) is 4.68. The van der Waals surface area contributed by atoms with E-state index >= 15 is 0 Å². The van der Waals surface area contributed by atoms with Crippen molar-refractivity contribution in [3.05, 3.63) is 65.2 Å². The Morgan fingerprint density at radius 1 is 1.21 bits per heavy atom. The molecule has 5 N–H and O–H groups in total. The van der Waals surface area contributed by atoms with Crippen molar-refractivity contribution in [2.24, 2.45) is 5.73 Å². The molecule has 33 heavy (non-hydrogen) atoms. The van der Waals surface area contributed by atoms with Crippen LogP contribution in [0.1, 0.15) is 45.2 Å². The monoisotopic (exact) mass is 449 g/mol. The van der Waals surface area contributed by atoms with E-state index < -0.39 is 5.91 Å². The number of methoxy groups -OCH3 is 1. The van der Waals surface area contributed by atoms with Crippen molar-refractivity contribution in [3.8, 4) is 17.0 Å². The van der Waals surface area contributed by atoms with Crippen LogP contribution in [0.25, 0.3) is 11.3 Å². The summed E-state index contributed by atoms with van der Waals surface area (Å²) in [6.45, 7) is 1.53. The van der Waals surface area contributed by atoms with Crippen LogP contribution < -0.4 is 21.5 Å². The van der Waals surface area contributed by atoms with Crippen molar-refractivity contribution in [1.82, 2.24) is 15.1 Å². The van der Waals surface area contributed by atoms with Crippen LogP contribution >= 0.6 is 0 Å². The molecule has 9 heteroatoms. The van der Waals surface area contributed by atoms with Gasteiger partial charge in [-0.25, -0.2) is 4.68 Å². The third-order valence-electron chi connectivity index (χ3n) is 5.71. The summed E-state index contributed by atoms with van der Waals surface area (Å²) < 4.78 is 12.4. The van der Waals surface area contributed by atoms with E-state index in [0.717, 1.165) is 18.4 Å². The molecule has 2 heterocycles. The highest BCUT2D eigenvalue weighted by Gasteiger charge is 2.26. The Hall–Kier alpha value is -3.85. The number of benzene rings is 2. The van der Waals surface area contributed by atoms with Gasteiger partial charge in [0.15, 0.2) is 0 Å². The first-order chi connectivity index (χ1) is 16.0. The van der Waals surface area contributed by atoms with Gasteiger partial charge >= 0.3 is 0 Å². The minimum atomic E-state index is -0.626. The number of ether oxygens (including phenoxy) is 2. The van der Waals surface area contributed by atoms with Crippen molar-refractivity contribution in [2.75, 3.05) is 26.1 Å². The van der Waals surface area contributed by atoms with E-state index in [1.54, 1.807) is 22.9 Å². The number of rotatable bonds is 7. The fraction of sp³-hybridized carbons (Fsp3) is 0.292. The largest absolute Gasteiger partial charge is 0.496 e. The van der Waals surface area contributed by atoms with Crippen LogP contribution in [-0.2, 0) is 11.3 Å².